The van der Waals surface area contributed by atoms with Gasteiger partial charge in [0.2, 0.25) is 0 Å². The van der Waals surface area contributed by atoms with Gasteiger partial charge in [0.15, 0.2) is 0 Å². The monoisotopic (exact) mass is 314 g/mol. The van der Waals surface area contributed by atoms with Crippen LogP contribution in [0.1, 0.15) is 44.7 Å². The third kappa shape index (κ3) is 4.26. The Kier molecular flexibility index (Phi) is 6.68. The summed E-state index contributed by atoms with van der Waals surface area (Å²) in [5.41, 5.74) is 4.02. The molecule has 18 heavy (non-hydrogen) atoms. The van der Waals surface area contributed by atoms with Crippen molar-refractivity contribution in [3.63, 3.8) is 0 Å². The van der Waals surface area contributed by atoms with Gasteiger partial charge in [-0.1, -0.05) is 48.7 Å². The van der Waals surface area contributed by atoms with E-state index in [0.29, 0.717) is 5.92 Å². The minimum atomic E-state index is 0.134. The van der Waals surface area contributed by atoms with Gasteiger partial charge in [-0.25, -0.2) is 0 Å². The van der Waals surface area contributed by atoms with Gasteiger partial charge in [0, 0.05) is 16.1 Å². The summed E-state index contributed by atoms with van der Waals surface area (Å²) < 4.78 is 6.44. The molecule has 0 radical (unpaired) electrons. The predicted octanol–water partition coefficient (Wildman–Crippen LogP) is 3.79. The Balaban J connectivity index is 2.87. The molecule has 0 heterocycles. The molecule has 1 rings (SSSR count). The number of hydrogen-bond donors (Lipinski definition) is 2. The fourth-order valence-electron chi connectivity index (χ4n) is 2.27. The van der Waals surface area contributed by atoms with E-state index in [2.05, 4.69) is 41.3 Å². The van der Waals surface area contributed by atoms with E-state index < -0.39 is 0 Å². The van der Waals surface area contributed by atoms with Crippen LogP contribution >= 0.6 is 15.9 Å². The van der Waals surface area contributed by atoms with Crippen molar-refractivity contribution in [2.75, 3.05) is 7.11 Å². The van der Waals surface area contributed by atoms with E-state index in [1.807, 2.05) is 12.1 Å². The maximum absolute atomic E-state index is 5.69. The highest BCUT2D eigenvalue weighted by atomic mass is 79.9. The van der Waals surface area contributed by atoms with Crippen molar-refractivity contribution in [1.29, 1.82) is 0 Å². The number of benzene rings is 1. The van der Waals surface area contributed by atoms with Crippen LogP contribution in [0.5, 0.6) is 5.75 Å². The van der Waals surface area contributed by atoms with Gasteiger partial charge in [-0.2, -0.15) is 0 Å². The molecule has 1 aromatic carbocycles. The number of halogens is 1. The van der Waals surface area contributed by atoms with E-state index in [1.165, 1.54) is 12.8 Å². The molecular weight excluding hydrogens is 292 g/mol. The van der Waals surface area contributed by atoms with Crippen LogP contribution in [-0.4, -0.2) is 7.11 Å². The maximum atomic E-state index is 5.69. The third-order valence-corrected chi connectivity index (χ3v) is 3.68. The van der Waals surface area contributed by atoms with Crippen LogP contribution in [0.4, 0.5) is 0 Å². The van der Waals surface area contributed by atoms with Gasteiger partial charge in [-0.3, -0.25) is 11.3 Å². The van der Waals surface area contributed by atoms with Crippen molar-refractivity contribution in [1.82, 2.24) is 5.43 Å². The molecule has 0 amide bonds. The fraction of sp³-hybridized carbons (Fsp3) is 0.571. The Morgan fingerprint density at radius 3 is 2.72 bits per heavy atom. The number of nitrogens with two attached hydrogens (primary N) is 1. The van der Waals surface area contributed by atoms with E-state index in [0.717, 1.165) is 22.2 Å². The average Bonchev–Trinajstić information content (AvgIpc) is 2.36. The number of ether oxygens (including phenoxy) is 1. The molecule has 0 spiro atoms. The molecule has 0 aliphatic carbocycles. The van der Waals surface area contributed by atoms with E-state index in [4.69, 9.17) is 10.6 Å². The summed E-state index contributed by atoms with van der Waals surface area (Å²) in [6, 6.07) is 6.19. The first-order chi connectivity index (χ1) is 8.62. The first kappa shape index (κ1) is 15.5. The van der Waals surface area contributed by atoms with Gasteiger partial charge in [0.05, 0.1) is 7.11 Å². The topological polar surface area (TPSA) is 47.3 Å². The molecule has 0 bridgehead atoms. The van der Waals surface area contributed by atoms with Gasteiger partial charge in [0.25, 0.3) is 0 Å². The molecule has 4 heteroatoms. The van der Waals surface area contributed by atoms with Crippen LogP contribution in [0.2, 0.25) is 0 Å². The molecule has 0 aliphatic heterocycles. The molecule has 0 fully saturated rings. The molecule has 0 aromatic heterocycles. The first-order valence-electron chi connectivity index (χ1n) is 6.41. The molecule has 102 valence electrons. The quantitative estimate of drug-likeness (QED) is 0.594. The summed E-state index contributed by atoms with van der Waals surface area (Å²) in [4.78, 5) is 0. The van der Waals surface area contributed by atoms with Crippen LogP contribution in [0.3, 0.4) is 0 Å². The Morgan fingerprint density at radius 2 is 2.17 bits per heavy atom. The van der Waals surface area contributed by atoms with Crippen molar-refractivity contribution < 1.29 is 4.74 Å². The third-order valence-electron chi connectivity index (χ3n) is 3.19. The SMILES string of the molecule is CCCC(C)CC(NN)c1ccc(Br)cc1OC. The molecule has 3 N–H and O–H groups in total. The lowest BCUT2D eigenvalue weighted by molar-refractivity contribution is 0.367. The lowest BCUT2D eigenvalue weighted by Gasteiger charge is -2.22. The molecule has 0 saturated heterocycles. The lowest BCUT2D eigenvalue weighted by Crippen LogP contribution is -2.29. The zero-order chi connectivity index (χ0) is 13.5. The van der Waals surface area contributed by atoms with Crippen LogP contribution < -0.4 is 16.0 Å². The minimum absolute atomic E-state index is 0.134. The van der Waals surface area contributed by atoms with Gasteiger partial charge in [-0.15, -0.1) is 0 Å². The van der Waals surface area contributed by atoms with Crippen molar-refractivity contribution in [3.05, 3.63) is 28.2 Å². The van der Waals surface area contributed by atoms with Crippen molar-refractivity contribution in [3.8, 4) is 5.75 Å². The fourth-order valence-corrected chi connectivity index (χ4v) is 2.61. The Bertz CT molecular complexity index is 371. The second-order valence-corrected chi connectivity index (χ2v) is 5.65. The first-order valence-corrected chi connectivity index (χ1v) is 7.21. The number of hydrogen-bond acceptors (Lipinski definition) is 3. The van der Waals surface area contributed by atoms with E-state index in [1.54, 1.807) is 7.11 Å². The van der Waals surface area contributed by atoms with Gasteiger partial charge in [-0.05, 0) is 24.5 Å². The smallest absolute Gasteiger partial charge is 0.124 e. The number of nitrogens with one attached hydrogen (secondary N) is 1. The summed E-state index contributed by atoms with van der Waals surface area (Å²) in [6.45, 7) is 4.47. The van der Waals surface area contributed by atoms with E-state index in [9.17, 15) is 0 Å². The maximum Gasteiger partial charge on any atom is 0.124 e. The number of methoxy groups -OCH3 is 1. The summed E-state index contributed by atoms with van der Waals surface area (Å²) in [5, 5.41) is 0. The lowest BCUT2D eigenvalue weighted by atomic mass is 9.93. The van der Waals surface area contributed by atoms with Crippen molar-refractivity contribution in [2.45, 2.75) is 39.2 Å². The molecule has 2 unspecified atom stereocenters. The minimum Gasteiger partial charge on any atom is -0.496 e. The molecule has 2 atom stereocenters. The average molecular weight is 315 g/mol. The standard InChI is InChI=1S/C14H23BrN2O/c1-4-5-10(2)8-13(17-16)12-7-6-11(15)9-14(12)18-3/h6-7,9-10,13,17H,4-5,8,16H2,1-3H3. The Morgan fingerprint density at radius 1 is 1.44 bits per heavy atom. The van der Waals surface area contributed by atoms with E-state index >= 15 is 0 Å². The van der Waals surface area contributed by atoms with Gasteiger partial charge >= 0.3 is 0 Å². The highest BCUT2D eigenvalue weighted by molar-refractivity contribution is 9.10. The second kappa shape index (κ2) is 7.77. The second-order valence-electron chi connectivity index (χ2n) is 4.74. The highest BCUT2D eigenvalue weighted by Crippen LogP contribution is 2.32. The molecule has 0 saturated carbocycles. The van der Waals surface area contributed by atoms with Crippen LogP contribution in [-0.2, 0) is 0 Å². The summed E-state index contributed by atoms with van der Waals surface area (Å²) in [7, 11) is 1.69. The largest absolute Gasteiger partial charge is 0.496 e. The van der Waals surface area contributed by atoms with Crippen LogP contribution in [0.15, 0.2) is 22.7 Å². The van der Waals surface area contributed by atoms with Crippen LogP contribution in [0, 0.1) is 5.92 Å². The summed E-state index contributed by atoms with van der Waals surface area (Å²) >= 11 is 3.45. The normalized spacial score (nSPS) is 14.3. The van der Waals surface area contributed by atoms with Crippen molar-refractivity contribution in [2.24, 2.45) is 11.8 Å². The zero-order valence-corrected chi connectivity index (χ0v) is 13.0. The van der Waals surface area contributed by atoms with E-state index in [-0.39, 0.29) is 6.04 Å². The summed E-state index contributed by atoms with van der Waals surface area (Å²) in [5.74, 6) is 7.21. The Hall–Kier alpha value is -0.580. The van der Waals surface area contributed by atoms with Crippen LogP contribution in [0.25, 0.3) is 0 Å². The molecule has 0 aliphatic rings. The summed E-state index contributed by atoms with van der Waals surface area (Å²) in [6.07, 6.45) is 3.44. The van der Waals surface area contributed by atoms with Crippen molar-refractivity contribution >= 4 is 15.9 Å². The number of rotatable bonds is 7. The highest BCUT2D eigenvalue weighted by Gasteiger charge is 2.17. The zero-order valence-electron chi connectivity index (χ0n) is 11.4. The molecule has 3 nitrogen and oxygen atoms in total. The Labute approximate surface area is 118 Å². The van der Waals surface area contributed by atoms with Gasteiger partial charge < -0.3 is 4.74 Å². The predicted molar refractivity (Wildman–Crippen MR) is 79.4 cm³/mol. The molecular formula is C14H23BrN2O. The number of hydrazine groups is 1. The van der Waals surface area contributed by atoms with Gasteiger partial charge in [0.1, 0.15) is 5.75 Å². The molecule has 1 aromatic rings.